The number of hydrogen-bond donors (Lipinski definition) is 1. The molecule has 0 radical (unpaired) electrons. The van der Waals surface area contributed by atoms with E-state index in [1.54, 1.807) is 0 Å². The van der Waals surface area contributed by atoms with E-state index in [1.807, 2.05) is 19.1 Å². The lowest BCUT2D eigenvalue weighted by molar-refractivity contribution is -0.118. The van der Waals surface area contributed by atoms with E-state index in [-0.39, 0.29) is 5.91 Å². The predicted molar refractivity (Wildman–Crippen MR) is 41.6 cm³/mol. The van der Waals surface area contributed by atoms with Crippen molar-refractivity contribution in [1.82, 2.24) is 5.32 Å². The molecule has 52 valence electrons. The summed E-state index contributed by atoms with van der Waals surface area (Å²) in [5.74, 6) is 0.0214. The number of halogens is 1. The molecule has 0 aliphatic carbocycles. The van der Waals surface area contributed by atoms with Crippen LogP contribution in [0.15, 0.2) is 12.2 Å². The summed E-state index contributed by atoms with van der Waals surface area (Å²) in [6.45, 7) is 2.54. The Hall–Kier alpha value is -0.310. The summed E-state index contributed by atoms with van der Waals surface area (Å²) in [5.41, 5.74) is 0. The summed E-state index contributed by atoms with van der Waals surface area (Å²) in [7, 11) is 0. The summed E-state index contributed by atoms with van der Waals surface area (Å²) in [6, 6.07) is 0. The fraction of sp³-hybridized carbons (Fsp3) is 0.500. The summed E-state index contributed by atoms with van der Waals surface area (Å²) >= 11 is 3.03. The van der Waals surface area contributed by atoms with Crippen LogP contribution in [0.3, 0.4) is 0 Å². The first-order valence-corrected chi connectivity index (χ1v) is 3.87. The molecule has 1 amide bonds. The van der Waals surface area contributed by atoms with Crippen LogP contribution in [0.4, 0.5) is 0 Å². The molecule has 0 aliphatic rings. The summed E-state index contributed by atoms with van der Waals surface area (Å²) < 4.78 is 0. The van der Waals surface area contributed by atoms with E-state index in [9.17, 15) is 4.79 Å². The van der Waals surface area contributed by atoms with E-state index in [0.29, 0.717) is 11.9 Å². The number of allylic oxidation sites excluding steroid dienone is 1. The third kappa shape index (κ3) is 5.56. The van der Waals surface area contributed by atoms with E-state index < -0.39 is 0 Å². The third-order valence-electron chi connectivity index (χ3n) is 0.774. The van der Waals surface area contributed by atoms with Crippen molar-refractivity contribution in [3.63, 3.8) is 0 Å². The number of amides is 1. The second-order valence-electron chi connectivity index (χ2n) is 1.51. The highest BCUT2D eigenvalue weighted by molar-refractivity contribution is 9.09. The highest BCUT2D eigenvalue weighted by Gasteiger charge is 1.91. The van der Waals surface area contributed by atoms with Crippen molar-refractivity contribution < 1.29 is 4.79 Å². The van der Waals surface area contributed by atoms with Crippen LogP contribution < -0.4 is 5.32 Å². The highest BCUT2D eigenvalue weighted by atomic mass is 79.9. The highest BCUT2D eigenvalue weighted by Crippen LogP contribution is 1.77. The van der Waals surface area contributed by atoms with Gasteiger partial charge in [0.15, 0.2) is 0 Å². The molecule has 0 atom stereocenters. The van der Waals surface area contributed by atoms with Gasteiger partial charge < -0.3 is 5.32 Å². The van der Waals surface area contributed by atoms with Crippen LogP contribution >= 0.6 is 15.9 Å². The Labute approximate surface area is 63.5 Å². The van der Waals surface area contributed by atoms with Gasteiger partial charge in [-0.1, -0.05) is 28.1 Å². The van der Waals surface area contributed by atoms with Gasteiger partial charge in [-0.05, 0) is 6.92 Å². The minimum Gasteiger partial charge on any atom is -0.352 e. The second kappa shape index (κ2) is 5.82. The van der Waals surface area contributed by atoms with E-state index in [0.717, 1.165) is 0 Å². The van der Waals surface area contributed by atoms with Gasteiger partial charge in [-0.3, -0.25) is 4.79 Å². The van der Waals surface area contributed by atoms with Crippen LogP contribution in [-0.4, -0.2) is 17.8 Å². The van der Waals surface area contributed by atoms with Crippen molar-refractivity contribution in [3.05, 3.63) is 12.2 Å². The van der Waals surface area contributed by atoms with Crippen LogP contribution in [0.5, 0.6) is 0 Å². The van der Waals surface area contributed by atoms with Gasteiger partial charge in [0, 0.05) is 6.54 Å². The molecule has 0 rings (SSSR count). The van der Waals surface area contributed by atoms with Gasteiger partial charge in [0.25, 0.3) is 0 Å². The number of carbonyl (C=O) groups excluding carboxylic acids is 1. The second-order valence-corrected chi connectivity index (χ2v) is 2.07. The molecular weight excluding hydrogens is 182 g/mol. The van der Waals surface area contributed by atoms with Crippen molar-refractivity contribution in [2.24, 2.45) is 0 Å². The molecule has 0 aromatic rings. The fourth-order valence-electron chi connectivity index (χ4n) is 0.338. The molecule has 0 saturated heterocycles. The van der Waals surface area contributed by atoms with E-state index in [2.05, 4.69) is 21.2 Å². The predicted octanol–water partition coefficient (Wildman–Crippen LogP) is 1.07. The average molecular weight is 192 g/mol. The van der Waals surface area contributed by atoms with Gasteiger partial charge in [0.1, 0.15) is 0 Å². The van der Waals surface area contributed by atoms with Crippen molar-refractivity contribution >= 4 is 21.8 Å². The molecule has 1 N–H and O–H groups in total. The molecular formula is C6H10BrNO. The van der Waals surface area contributed by atoms with Gasteiger partial charge >= 0.3 is 0 Å². The first-order chi connectivity index (χ1) is 4.31. The minimum atomic E-state index is 0.0214. The number of hydrogen-bond acceptors (Lipinski definition) is 1. The molecule has 9 heavy (non-hydrogen) atoms. The first kappa shape index (κ1) is 8.69. The summed E-state index contributed by atoms with van der Waals surface area (Å²) in [5, 5.41) is 3.04. The Morgan fingerprint density at radius 2 is 2.44 bits per heavy atom. The van der Waals surface area contributed by atoms with Crippen LogP contribution in [0.2, 0.25) is 0 Å². The molecule has 0 aromatic carbocycles. The lowest BCUT2D eigenvalue weighted by atomic mass is 10.5. The topological polar surface area (TPSA) is 29.1 Å². The van der Waals surface area contributed by atoms with Crippen molar-refractivity contribution in [3.8, 4) is 0 Å². The Morgan fingerprint density at radius 3 is 2.89 bits per heavy atom. The van der Waals surface area contributed by atoms with Gasteiger partial charge in [0.2, 0.25) is 5.91 Å². The van der Waals surface area contributed by atoms with Crippen LogP contribution in [0.1, 0.15) is 6.92 Å². The molecule has 3 heteroatoms. The zero-order chi connectivity index (χ0) is 7.11. The number of nitrogens with one attached hydrogen (secondary N) is 1. The van der Waals surface area contributed by atoms with Gasteiger partial charge in [-0.15, -0.1) is 0 Å². The molecule has 0 unspecified atom stereocenters. The SMILES string of the molecule is C/C=C/CNC(=O)CBr. The number of carbonyl (C=O) groups is 1. The van der Waals surface area contributed by atoms with E-state index in [1.165, 1.54) is 0 Å². The molecule has 0 spiro atoms. The average Bonchev–Trinajstić information content (AvgIpc) is 1.89. The lowest BCUT2D eigenvalue weighted by Gasteiger charge is -1.94. The smallest absolute Gasteiger partial charge is 0.230 e. The molecule has 0 aromatic heterocycles. The molecule has 2 nitrogen and oxygen atoms in total. The van der Waals surface area contributed by atoms with Crippen LogP contribution in [0.25, 0.3) is 0 Å². The van der Waals surface area contributed by atoms with Crippen LogP contribution in [0, 0.1) is 0 Å². The Kier molecular flexibility index (Phi) is 5.62. The lowest BCUT2D eigenvalue weighted by Crippen LogP contribution is -2.23. The maximum absolute atomic E-state index is 10.5. The minimum absolute atomic E-state index is 0.0214. The molecule has 0 saturated carbocycles. The van der Waals surface area contributed by atoms with Gasteiger partial charge in [-0.25, -0.2) is 0 Å². The molecule has 0 fully saturated rings. The molecule has 0 heterocycles. The summed E-state index contributed by atoms with van der Waals surface area (Å²) in [6.07, 6.45) is 3.79. The number of rotatable bonds is 3. The van der Waals surface area contributed by atoms with Gasteiger partial charge in [0.05, 0.1) is 5.33 Å². The van der Waals surface area contributed by atoms with Crippen molar-refractivity contribution in [2.75, 3.05) is 11.9 Å². The maximum atomic E-state index is 10.5. The normalized spacial score (nSPS) is 10.0. The molecule has 0 bridgehead atoms. The fourth-order valence-corrected chi connectivity index (χ4v) is 0.536. The zero-order valence-electron chi connectivity index (χ0n) is 5.36. The van der Waals surface area contributed by atoms with E-state index >= 15 is 0 Å². The quantitative estimate of drug-likeness (QED) is 0.526. The Bertz CT molecular complexity index is 112. The summed E-state index contributed by atoms with van der Waals surface area (Å²) in [4.78, 5) is 10.5. The zero-order valence-corrected chi connectivity index (χ0v) is 6.94. The Balaban J connectivity index is 3.17. The maximum Gasteiger partial charge on any atom is 0.230 e. The van der Waals surface area contributed by atoms with Crippen LogP contribution in [-0.2, 0) is 4.79 Å². The number of alkyl halides is 1. The molecule has 0 aliphatic heterocycles. The van der Waals surface area contributed by atoms with Crippen molar-refractivity contribution in [1.29, 1.82) is 0 Å². The van der Waals surface area contributed by atoms with E-state index in [4.69, 9.17) is 0 Å². The van der Waals surface area contributed by atoms with Crippen molar-refractivity contribution in [2.45, 2.75) is 6.92 Å². The van der Waals surface area contributed by atoms with Gasteiger partial charge in [-0.2, -0.15) is 0 Å². The first-order valence-electron chi connectivity index (χ1n) is 2.75. The largest absolute Gasteiger partial charge is 0.352 e. The third-order valence-corrected chi connectivity index (χ3v) is 1.28. The Morgan fingerprint density at radius 1 is 1.78 bits per heavy atom. The standard InChI is InChI=1S/C6H10BrNO/c1-2-3-4-8-6(9)5-7/h2-3H,4-5H2,1H3,(H,8,9)/b3-2+. The monoisotopic (exact) mass is 191 g/mol.